The van der Waals surface area contributed by atoms with E-state index < -0.39 is 0 Å². The zero-order chi connectivity index (χ0) is 11.3. The van der Waals surface area contributed by atoms with E-state index in [1.54, 1.807) is 0 Å². The second-order valence-corrected chi connectivity index (χ2v) is 4.99. The Hall–Kier alpha value is 0.140. The third-order valence-electron chi connectivity index (χ3n) is 3.44. The Balaban J connectivity index is 0.00000225. The Labute approximate surface area is 118 Å². The first-order chi connectivity index (χ1) is 7.15. The van der Waals surface area contributed by atoms with Crippen LogP contribution in [-0.4, -0.2) is 24.1 Å². The first-order valence-electron chi connectivity index (χ1n) is 5.75. The molecule has 16 heavy (non-hydrogen) atoms. The van der Waals surface area contributed by atoms with E-state index in [-0.39, 0.29) is 17.0 Å². The predicted octanol–water partition coefficient (Wildman–Crippen LogP) is 0.830. The molecule has 1 rings (SSSR count). The van der Waals surface area contributed by atoms with E-state index in [0.717, 1.165) is 11.0 Å². The summed E-state index contributed by atoms with van der Waals surface area (Å²) in [4.78, 5) is 0. The quantitative estimate of drug-likeness (QED) is 0.690. The number of hydrogen-bond donors (Lipinski definition) is 0. The van der Waals surface area contributed by atoms with Crippen LogP contribution in [0, 0.1) is 0 Å². The minimum atomic E-state index is 0. The van der Waals surface area contributed by atoms with Crippen LogP contribution in [0.4, 0.5) is 0 Å². The van der Waals surface area contributed by atoms with E-state index in [2.05, 4.69) is 61.0 Å². The molecule has 0 aromatic heterocycles. The van der Waals surface area contributed by atoms with Crippen LogP contribution in [0.5, 0.6) is 0 Å². The van der Waals surface area contributed by atoms with Crippen LogP contribution < -0.4 is 17.0 Å². The molecule has 1 nitrogen and oxygen atoms in total. The molecule has 0 atom stereocenters. The van der Waals surface area contributed by atoms with Crippen LogP contribution in [0.25, 0.3) is 0 Å². The van der Waals surface area contributed by atoms with Gasteiger partial charge in [-0.25, -0.2) is 0 Å². The molecule has 3 heteroatoms. The Morgan fingerprint density at radius 3 is 1.75 bits per heavy atom. The summed E-state index contributed by atoms with van der Waals surface area (Å²) in [7, 11) is 0. The summed E-state index contributed by atoms with van der Waals surface area (Å²) < 4.78 is 2.34. The average Bonchev–Trinajstić information content (AvgIpc) is 2.29. The summed E-state index contributed by atoms with van der Waals surface area (Å²) in [6.45, 7) is 11.6. The smallest absolute Gasteiger partial charge is 0.104 e. The van der Waals surface area contributed by atoms with Crippen LogP contribution in [0.15, 0.2) is 28.7 Å². The lowest BCUT2D eigenvalue weighted by Gasteiger charge is -2.35. The molecule has 0 N–H and O–H groups in total. The highest BCUT2D eigenvalue weighted by atomic mass is 79.9. The van der Waals surface area contributed by atoms with Crippen molar-refractivity contribution < 1.29 is 21.5 Å². The van der Waals surface area contributed by atoms with Crippen molar-refractivity contribution in [3.05, 3.63) is 34.3 Å². The number of rotatable bonds is 5. The van der Waals surface area contributed by atoms with Crippen LogP contribution in [0.1, 0.15) is 26.3 Å². The molecule has 0 bridgehead atoms. The molecule has 0 heterocycles. The third kappa shape index (κ3) is 4.19. The summed E-state index contributed by atoms with van der Waals surface area (Å²) in [5.74, 6) is 0. The van der Waals surface area contributed by atoms with Gasteiger partial charge in [0.1, 0.15) is 6.54 Å². The van der Waals surface area contributed by atoms with Crippen molar-refractivity contribution >= 4 is 15.9 Å². The maximum atomic E-state index is 3.47. The lowest BCUT2D eigenvalue weighted by molar-refractivity contribution is -0.936. The van der Waals surface area contributed by atoms with E-state index in [0.29, 0.717) is 0 Å². The molecule has 0 spiro atoms. The molecule has 0 amide bonds. The van der Waals surface area contributed by atoms with Crippen LogP contribution >= 0.6 is 15.9 Å². The van der Waals surface area contributed by atoms with Gasteiger partial charge in [0.2, 0.25) is 0 Å². The van der Waals surface area contributed by atoms with Crippen molar-refractivity contribution in [1.29, 1.82) is 0 Å². The molecule has 0 aliphatic heterocycles. The normalized spacial score (nSPS) is 11.0. The summed E-state index contributed by atoms with van der Waals surface area (Å²) >= 11 is 3.47. The monoisotopic (exact) mass is 349 g/mol. The van der Waals surface area contributed by atoms with E-state index in [4.69, 9.17) is 0 Å². The Kier molecular flexibility index (Phi) is 7.53. The van der Waals surface area contributed by atoms with E-state index in [1.807, 2.05) is 0 Å². The lowest BCUT2D eigenvalue weighted by Crippen LogP contribution is -3.00. The van der Waals surface area contributed by atoms with Crippen LogP contribution in [-0.2, 0) is 6.54 Å². The fourth-order valence-electron chi connectivity index (χ4n) is 1.98. The molecule has 0 fully saturated rings. The molecule has 0 radical (unpaired) electrons. The third-order valence-corrected chi connectivity index (χ3v) is 3.97. The molecular formula is C13H21Br2N. The minimum Gasteiger partial charge on any atom is -1.00 e. The van der Waals surface area contributed by atoms with E-state index in [9.17, 15) is 0 Å². The second kappa shape index (κ2) is 7.46. The summed E-state index contributed by atoms with van der Waals surface area (Å²) in [6, 6.07) is 8.70. The summed E-state index contributed by atoms with van der Waals surface area (Å²) in [5.41, 5.74) is 1.43. The van der Waals surface area contributed by atoms with Gasteiger partial charge in [-0.15, -0.1) is 0 Å². The standard InChI is InChI=1S/C13H21BrN.BrH/c1-4-15(5-2,6-3)11-12-7-9-13(14)10-8-12;/h7-10H,4-6,11H2,1-3H3;1H/q+1;/p-1. The van der Waals surface area contributed by atoms with Crippen molar-refractivity contribution in [3.8, 4) is 0 Å². The first kappa shape index (κ1) is 16.1. The van der Waals surface area contributed by atoms with Crippen molar-refractivity contribution in [2.24, 2.45) is 0 Å². The number of benzene rings is 1. The van der Waals surface area contributed by atoms with Gasteiger partial charge in [-0.3, -0.25) is 0 Å². The summed E-state index contributed by atoms with van der Waals surface area (Å²) in [5, 5.41) is 0. The van der Waals surface area contributed by atoms with Crippen LogP contribution in [0.3, 0.4) is 0 Å². The van der Waals surface area contributed by atoms with Gasteiger partial charge in [0.15, 0.2) is 0 Å². The maximum Gasteiger partial charge on any atom is 0.104 e. The van der Waals surface area contributed by atoms with Crippen molar-refractivity contribution in [1.82, 2.24) is 0 Å². The average molecular weight is 351 g/mol. The fourth-order valence-corrected chi connectivity index (χ4v) is 2.25. The van der Waals surface area contributed by atoms with Crippen LogP contribution in [0.2, 0.25) is 0 Å². The molecule has 1 aromatic rings. The molecule has 92 valence electrons. The zero-order valence-electron chi connectivity index (χ0n) is 10.3. The topological polar surface area (TPSA) is 0 Å². The summed E-state index contributed by atoms with van der Waals surface area (Å²) in [6.07, 6.45) is 0. The number of halogens is 2. The largest absolute Gasteiger partial charge is 1.00 e. The van der Waals surface area contributed by atoms with Crippen molar-refractivity contribution in [2.75, 3.05) is 19.6 Å². The SMILES string of the molecule is CC[N+](CC)(CC)Cc1ccc(Br)cc1.[Br-]. The molecule has 1 aromatic carbocycles. The van der Waals surface area contributed by atoms with Crippen molar-refractivity contribution in [3.63, 3.8) is 0 Å². The molecule has 0 aliphatic carbocycles. The number of quaternary nitrogens is 1. The minimum absolute atomic E-state index is 0. The van der Waals surface area contributed by atoms with Gasteiger partial charge in [0, 0.05) is 10.0 Å². The fraction of sp³-hybridized carbons (Fsp3) is 0.538. The Morgan fingerprint density at radius 1 is 0.938 bits per heavy atom. The molecular weight excluding hydrogens is 330 g/mol. The highest BCUT2D eigenvalue weighted by Crippen LogP contribution is 2.16. The van der Waals surface area contributed by atoms with Gasteiger partial charge >= 0.3 is 0 Å². The molecule has 0 unspecified atom stereocenters. The predicted molar refractivity (Wildman–Crippen MR) is 69.7 cm³/mol. The molecule has 0 aliphatic rings. The van der Waals surface area contributed by atoms with Gasteiger partial charge in [-0.1, -0.05) is 28.1 Å². The highest BCUT2D eigenvalue weighted by Gasteiger charge is 2.20. The first-order valence-corrected chi connectivity index (χ1v) is 6.54. The molecule has 0 saturated heterocycles. The second-order valence-electron chi connectivity index (χ2n) is 4.07. The van der Waals surface area contributed by atoms with Gasteiger partial charge < -0.3 is 21.5 Å². The zero-order valence-corrected chi connectivity index (χ0v) is 13.5. The van der Waals surface area contributed by atoms with E-state index >= 15 is 0 Å². The number of nitrogens with zero attached hydrogens (tertiary/aromatic N) is 1. The van der Waals surface area contributed by atoms with Gasteiger partial charge in [-0.2, -0.15) is 0 Å². The van der Waals surface area contributed by atoms with Gasteiger partial charge in [0.05, 0.1) is 19.6 Å². The van der Waals surface area contributed by atoms with Gasteiger partial charge in [-0.05, 0) is 32.9 Å². The molecule has 0 saturated carbocycles. The van der Waals surface area contributed by atoms with Crippen molar-refractivity contribution in [2.45, 2.75) is 27.3 Å². The lowest BCUT2D eigenvalue weighted by atomic mass is 10.2. The number of hydrogen-bond acceptors (Lipinski definition) is 0. The Bertz CT molecular complexity index is 283. The van der Waals surface area contributed by atoms with Gasteiger partial charge in [0.25, 0.3) is 0 Å². The highest BCUT2D eigenvalue weighted by molar-refractivity contribution is 9.10. The Morgan fingerprint density at radius 2 is 1.38 bits per heavy atom. The maximum absolute atomic E-state index is 3.47. The van der Waals surface area contributed by atoms with E-state index in [1.165, 1.54) is 29.7 Å².